The Bertz CT molecular complexity index is 248. The second-order valence-electron chi connectivity index (χ2n) is 4.73. The topological polar surface area (TPSA) is 72.8 Å². The molecule has 0 spiro atoms. The molecule has 1 atom stereocenters. The summed E-state index contributed by atoms with van der Waals surface area (Å²) in [5.74, 6) is 0.115. The average molecular weight is 226 g/mol. The van der Waals surface area contributed by atoms with Gasteiger partial charge in [-0.05, 0) is 38.0 Å². The van der Waals surface area contributed by atoms with Gasteiger partial charge in [0, 0.05) is 13.1 Å². The van der Waals surface area contributed by atoms with Crippen molar-refractivity contribution in [2.45, 2.75) is 37.5 Å². The fourth-order valence-electron chi connectivity index (χ4n) is 2.53. The van der Waals surface area contributed by atoms with E-state index in [-0.39, 0.29) is 17.8 Å². The molecular weight excluding hydrogens is 207 g/mol. The molecule has 0 bridgehead atoms. The normalized spacial score (nSPS) is 27.1. The van der Waals surface area contributed by atoms with Gasteiger partial charge in [-0.3, -0.25) is 4.79 Å². The number of likely N-dealkylation sites (tertiary alicyclic amines) is 1. The molecule has 16 heavy (non-hydrogen) atoms. The second kappa shape index (κ2) is 5.16. The molecule has 2 fully saturated rings. The highest BCUT2D eigenvalue weighted by Crippen LogP contribution is 2.24. The van der Waals surface area contributed by atoms with Crippen molar-refractivity contribution in [1.82, 2.24) is 10.2 Å². The van der Waals surface area contributed by atoms with E-state index < -0.39 is 7.12 Å². The van der Waals surface area contributed by atoms with Gasteiger partial charge in [0.1, 0.15) is 0 Å². The monoisotopic (exact) mass is 226 g/mol. The van der Waals surface area contributed by atoms with E-state index in [4.69, 9.17) is 10.0 Å². The van der Waals surface area contributed by atoms with Crippen LogP contribution in [-0.2, 0) is 4.79 Å². The van der Waals surface area contributed by atoms with Crippen LogP contribution in [0.25, 0.3) is 0 Å². The largest absolute Gasteiger partial charge is 0.454 e. The SMILES string of the molecule is O=C([C@H]1CCCN1)N1CCC(B(O)O)CC1. The summed E-state index contributed by atoms with van der Waals surface area (Å²) >= 11 is 0. The van der Waals surface area contributed by atoms with E-state index in [2.05, 4.69) is 5.32 Å². The molecule has 3 N–H and O–H groups in total. The third-order valence-electron chi connectivity index (χ3n) is 3.63. The molecule has 0 saturated carbocycles. The van der Waals surface area contributed by atoms with Gasteiger partial charge in [-0.2, -0.15) is 0 Å². The molecule has 2 saturated heterocycles. The van der Waals surface area contributed by atoms with Gasteiger partial charge in [-0.25, -0.2) is 0 Å². The number of rotatable bonds is 2. The zero-order chi connectivity index (χ0) is 11.5. The maximum atomic E-state index is 12.0. The minimum absolute atomic E-state index is 0.00407. The zero-order valence-electron chi connectivity index (χ0n) is 9.43. The first kappa shape index (κ1) is 11.9. The highest BCUT2D eigenvalue weighted by Gasteiger charge is 2.33. The van der Waals surface area contributed by atoms with E-state index in [1.54, 1.807) is 0 Å². The van der Waals surface area contributed by atoms with Crippen LogP contribution in [0.15, 0.2) is 0 Å². The van der Waals surface area contributed by atoms with E-state index in [0.717, 1.165) is 19.4 Å². The van der Waals surface area contributed by atoms with Gasteiger partial charge in [0.05, 0.1) is 6.04 Å². The van der Waals surface area contributed by atoms with Gasteiger partial charge in [0.15, 0.2) is 0 Å². The number of piperidine rings is 1. The number of hydrogen-bond donors (Lipinski definition) is 3. The zero-order valence-corrected chi connectivity index (χ0v) is 9.43. The molecule has 90 valence electrons. The van der Waals surface area contributed by atoms with Crippen LogP contribution in [0.5, 0.6) is 0 Å². The van der Waals surface area contributed by atoms with Crippen LogP contribution >= 0.6 is 0 Å². The molecule has 0 aromatic heterocycles. The first-order valence-electron chi connectivity index (χ1n) is 6.07. The van der Waals surface area contributed by atoms with Crippen LogP contribution in [0, 0.1) is 0 Å². The Labute approximate surface area is 96.0 Å². The molecule has 2 aliphatic heterocycles. The maximum Gasteiger partial charge on any atom is 0.454 e. The highest BCUT2D eigenvalue weighted by atomic mass is 16.4. The maximum absolute atomic E-state index is 12.0. The first-order valence-corrected chi connectivity index (χ1v) is 6.07. The Hall–Kier alpha value is -0.585. The first-order chi connectivity index (χ1) is 7.68. The van der Waals surface area contributed by atoms with Gasteiger partial charge < -0.3 is 20.3 Å². The molecule has 2 heterocycles. The molecule has 0 aliphatic carbocycles. The van der Waals surface area contributed by atoms with Gasteiger partial charge in [0.2, 0.25) is 5.91 Å². The summed E-state index contributed by atoms with van der Waals surface area (Å²) in [6.45, 7) is 2.24. The standard InChI is InChI=1S/C10H19BN2O3/c14-10(9-2-1-5-12-9)13-6-3-8(4-7-13)11(15)16/h8-9,12,15-16H,1-7H2/t9-/m1/s1. The summed E-state index contributed by atoms with van der Waals surface area (Å²) in [6, 6.07) is -0.00407. The van der Waals surface area contributed by atoms with Crippen LogP contribution < -0.4 is 5.32 Å². The van der Waals surface area contributed by atoms with Crippen molar-refractivity contribution in [3.8, 4) is 0 Å². The smallest absolute Gasteiger partial charge is 0.427 e. The minimum Gasteiger partial charge on any atom is -0.427 e. The van der Waals surface area contributed by atoms with Crippen molar-refractivity contribution < 1.29 is 14.8 Å². The van der Waals surface area contributed by atoms with Crippen LogP contribution in [-0.4, -0.2) is 53.6 Å². The quantitative estimate of drug-likeness (QED) is 0.539. The predicted molar refractivity (Wildman–Crippen MR) is 60.8 cm³/mol. The third-order valence-corrected chi connectivity index (χ3v) is 3.63. The Morgan fingerprint density at radius 3 is 2.44 bits per heavy atom. The molecule has 2 aliphatic rings. The van der Waals surface area contributed by atoms with Crippen LogP contribution in [0.3, 0.4) is 0 Å². The molecule has 0 aromatic rings. The van der Waals surface area contributed by atoms with Crippen molar-refractivity contribution in [2.24, 2.45) is 0 Å². The van der Waals surface area contributed by atoms with Crippen molar-refractivity contribution >= 4 is 13.0 Å². The number of nitrogens with zero attached hydrogens (tertiary/aromatic N) is 1. The van der Waals surface area contributed by atoms with Crippen molar-refractivity contribution in [3.63, 3.8) is 0 Å². The molecule has 5 nitrogen and oxygen atoms in total. The van der Waals surface area contributed by atoms with Gasteiger partial charge in [-0.15, -0.1) is 0 Å². The van der Waals surface area contributed by atoms with E-state index >= 15 is 0 Å². The Kier molecular flexibility index (Phi) is 3.84. The fourth-order valence-corrected chi connectivity index (χ4v) is 2.53. The van der Waals surface area contributed by atoms with E-state index in [9.17, 15) is 4.79 Å². The van der Waals surface area contributed by atoms with Crippen LogP contribution in [0.1, 0.15) is 25.7 Å². The molecule has 6 heteroatoms. The molecule has 1 amide bonds. The number of hydrogen-bond acceptors (Lipinski definition) is 4. The Balaban J connectivity index is 1.81. The van der Waals surface area contributed by atoms with E-state index in [0.29, 0.717) is 25.9 Å². The Morgan fingerprint density at radius 1 is 1.25 bits per heavy atom. The third kappa shape index (κ3) is 2.56. The van der Waals surface area contributed by atoms with Crippen molar-refractivity contribution in [3.05, 3.63) is 0 Å². The molecule has 0 aromatic carbocycles. The summed E-state index contributed by atoms with van der Waals surface area (Å²) in [5, 5.41) is 21.3. The van der Waals surface area contributed by atoms with Crippen molar-refractivity contribution in [1.29, 1.82) is 0 Å². The summed E-state index contributed by atoms with van der Waals surface area (Å²) in [6.07, 6.45) is 3.38. The summed E-state index contributed by atoms with van der Waals surface area (Å²) < 4.78 is 0. The average Bonchev–Trinajstić information content (AvgIpc) is 2.81. The summed E-state index contributed by atoms with van der Waals surface area (Å²) in [7, 11) is -1.23. The summed E-state index contributed by atoms with van der Waals surface area (Å²) in [5.41, 5.74) is 0. The van der Waals surface area contributed by atoms with E-state index in [1.807, 2.05) is 4.90 Å². The predicted octanol–water partition coefficient (Wildman–Crippen LogP) is -0.796. The van der Waals surface area contributed by atoms with Crippen molar-refractivity contribution in [2.75, 3.05) is 19.6 Å². The molecular formula is C10H19BN2O3. The number of amides is 1. The fraction of sp³-hybridized carbons (Fsp3) is 0.900. The summed E-state index contributed by atoms with van der Waals surface area (Å²) in [4.78, 5) is 13.9. The number of carbonyl (C=O) groups is 1. The number of carbonyl (C=O) groups excluding carboxylic acids is 1. The van der Waals surface area contributed by atoms with Gasteiger partial charge in [0.25, 0.3) is 0 Å². The molecule has 2 rings (SSSR count). The molecule has 0 unspecified atom stereocenters. The van der Waals surface area contributed by atoms with Gasteiger partial charge in [-0.1, -0.05) is 0 Å². The van der Waals surface area contributed by atoms with Crippen LogP contribution in [0.4, 0.5) is 0 Å². The van der Waals surface area contributed by atoms with Crippen LogP contribution in [0.2, 0.25) is 5.82 Å². The lowest BCUT2D eigenvalue weighted by Crippen LogP contribution is -2.47. The van der Waals surface area contributed by atoms with Gasteiger partial charge >= 0.3 is 7.12 Å². The number of nitrogens with one attached hydrogen (secondary N) is 1. The molecule has 0 radical (unpaired) electrons. The highest BCUT2D eigenvalue weighted by molar-refractivity contribution is 6.43. The lowest BCUT2D eigenvalue weighted by atomic mass is 9.67. The Morgan fingerprint density at radius 2 is 1.94 bits per heavy atom. The lowest BCUT2D eigenvalue weighted by Gasteiger charge is -2.33. The second-order valence-corrected chi connectivity index (χ2v) is 4.73. The van der Waals surface area contributed by atoms with E-state index in [1.165, 1.54) is 0 Å². The lowest BCUT2D eigenvalue weighted by molar-refractivity contribution is -0.134. The minimum atomic E-state index is -1.23.